The minimum atomic E-state index is 0.740. The van der Waals surface area contributed by atoms with Crippen molar-refractivity contribution in [3.05, 3.63) is 47.4 Å². The molecule has 3 aliphatic heterocycles. The second-order valence-electron chi connectivity index (χ2n) is 8.05. The van der Waals surface area contributed by atoms with E-state index in [1.54, 1.807) is 0 Å². The molecular formula is C22H32N4O. The molecule has 0 radical (unpaired) electrons. The van der Waals surface area contributed by atoms with E-state index in [4.69, 9.17) is 9.72 Å². The molecule has 0 aliphatic carbocycles. The summed E-state index contributed by atoms with van der Waals surface area (Å²) in [5.74, 6) is 0.785. The summed E-state index contributed by atoms with van der Waals surface area (Å²) in [5.41, 5.74) is 3.82. The summed E-state index contributed by atoms with van der Waals surface area (Å²) >= 11 is 0. The molecule has 1 fully saturated rings. The lowest BCUT2D eigenvalue weighted by Gasteiger charge is -2.33. The average Bonchev–Trinajstić information content (AvgIpc) is 3.09. The average molecular weight is 369 g/mol. The molecule has 1 atom stereocenters. The highest BCUT2D eigenvalue weighted by Crippen LogP contribution is 2.24. The fourth-order valence-electron chi connectivity index (χ4n) is 4.31. The van der Waals surface area contributed by atoms with Gasteiger partial charge in [-0.15, -0.1) is 0 Å². The Balaban J connectivity index is 1.29. The van der Waals surface area contributed by atoms with Crippen LogP contribution in [0.2, 0.25) is 0 Å². The molecule has 0 spiro atoms. The number of likely N-dealkylation sites (tertiary alicyclic amines) is 1. The van der Waals surface area contributed by atoms with Gasteiger partial charge in [0.2, 0.25) is 5.88 Å². The lowest BCUT2D eigenvalue weighted by Crippen LogP contribution is -2.32. The number of hydrogen-bond acceptors (Lipinski definition) is 5. The third-order valence-corrected chi connectivity index (χ3v) is 5.95. The van der Waals surface area contributed by atoms with E-state index in [-0.39, 0.29) is 0 Å². The van der Waals surface area contributed by atoms with E-state index in [2.05, 4.69) is 53.1 Å². The topological polar surface area (TPSA) is 31.8 Å². The van der Waals surface area contributed by atoms with Crippen LogP contribution in [0.4, 0.5) is 0 Å². The Bertz CT molecular complexity index is 714. The van der Waals surface area contributed by atoms with Gasteiger partial charge in [-0.05, 0) is 44.4 Å². The van der Waals surface area contributed by atoms with E-state index in [0.717, 1.165) is 57.5 Å². The van der Waals surface area contributed by atoms with Crippen molar-refractivity contribution >= 4 is 0 Å². The molecule has 3 aliphatic rings. The van der Waals surface area contributed by atoms with E-state index in [1.807, 2.05) is 6.07 Å². The monoisotopic (exact) mass is 368 g/mol. The molecule has 0 aromatic carbocycles. The highest BCUT2D eigenvalue weighted by Gasteiger charge is 2.21. The zero-order valence-corrected chi connectivity index (χ0v) is 16.7. The second kappa shape index (κ2) is 8.34. The van der Waals surface area contributed by atoms with Crippen molar-refractivity contribution in [2.24, 2.45) is 0 Å². The molecule has 1 saturated heterocycles. The van der Waals surface area contributed by atoms with Crippen molar-refractivity contribution in [2.75, 3.05) is 39.8 Å². The molecule has 146 valence electrons. The van der Waals surface area contributed by atoms with E-state index >= 15 is 0 Å². The highest BCUT2D eigenvalue weighted by molar-refractivity contribution is 5.31. The van der Waals surface area contributed by atoms with E-state index in [1.165, 1.54) is 36.3 Å². The minimum absolute atomic E-state index is 0.740. The highest BCUT2D eigenvalue weighted by atomic mass is 16.5. The van der Waals surface area contributed by atoms with E-state index in [0.29, 0.717) is 0 Å². The molecule has 1 aromatic rings. The Morgan fingerprint density at radius 2 is 2.19 bits per heavy atom. The van der Waals surface area contributed by atoms with Gasteiger partial charge < -0.3 is 19.4 Å². The Kier molecular flexibility index (Phi) is 5.67. The van der Waals surface area contributed by atoms with Crippen LogP contribution in [0.3, 0.4) is 0 Å². The van der Waals surface area contributed by atoms with Gasteiger partial charge in [-0.2, -0.15) is 0 Å². The molecule has 0 amide bonds. The molecule has 0 bridgehead atoms. The third-order valence-electron chi connectivity index (χ3n) is 5.95. The van der Waals surface area contributed by atoms with Crippen molar-refractivity contribution in [2.45, 2.75) is 45.2 Å². The number of aromatic nitrogens is 1. The van der Waals surface area contributed by atoms with E-state index < -0.39 is 0 Å². The van der Waals surface area contributed by atoms with Crippen LogP contribution in [-0.2, 0) is 13.0 Å². The lowest BCUT2D eigenvalue weighted by molar-refractivity contribution is 0.226. The summed E-state index contributed by atoms with van der Waals surface area (Å²) in [7, 11) is 2.12. The van der Waals surface area contributed by atoms with Gasteiger partial charge in [0.1, 0.15) is 0 Å². The summed E-state index contributed by atoms with van der Waals surface area (Å²) in [6, 6.07) is 4.98. The maximum absolute atomic E-state index is 5.94. The first-order chi connectivity index (χ1) is 13.2. The smallest absolute Gasteiger partial charge is 0.213 e. The Hall–Kier alpha value is -2.01. The summed E-state index contributed by atoms with van der Waals surface area (Å²) in [5, 5.41) is 0. The number of hydrogen-bond donors (Lipinski definition) is 0. The van der Waals surface area contributed by atoms with Crippen molar-refractivity contribution in [1.29, 1.82) is 0 Å². The van der Waals surface area contributed by atoms with Gasteiger partial charge in [0.25, 0.3) is 0 Å². The van der Waals surface area contributed by atoms with Gasteiger partial charge in [-0.1, -0.05) is 12.1 Å². The normalized spacial score (nSPS) is 22.7. The number of fused-ring (bicyclic) bond motifs is 1. The van der Waals surface area contributed by atoms with Crippen LogP contribution in [0.25, 0.3) is 0 Å². The van der Waals surface area contributed by atoms with Gasteiger partial charge in [0.05, 0.1) is 18.0 Å². The number of rotatable bonds is 6. The zero-order valence-electron chi connectivity index (χ0n) is 16.7. The zero-order chi connectivity index (χ0) is 18.6. The van der Waals surface area contributed by atoms with Gasteiger partial charge in [-0.3, -0.25) is 0 Å². The van der Waals surface area contributed by atoms with Crippen LogP contribution >= 0.6 is 0 Å². The molecule has 5 heteroatoms. The molecule has 0 unspecified atom stereocenters. The number of ether oxygens (including phenoxy) is 1. The van der Waals surface area contributed by atoms with Crippen LogP contribution in [0.15, 0.2) is 36.2 Å². The molecule has 4 rings (SSSR count). The van der Waals surface area contributed by atoms with Crippen LogP contribution in [0.5, 0.6) is 5.88 Å². The molecule has 0 N–H and O–H groups in total. The van der Waals surface area contributed by atoms with Crippen molar-refractivity contribution < 1.29 is 4.74 Å². The van der Waals surface area contributed by atoms with Crippen LogP contribution in [0.1, 0.15) is 37.4 Å². The molecule has 27 heavy (non-hydrogen) atoms. The molecular weight excluding hydrogens is 336 g/mol. The first-order valence-corrected chi connectivity index (χ1v) is 10.4. The predicted molar refractivity (Wildman–Crippen MR) is 109 cm³/mol. The SMILES string of the molecule is C[C@@H]1CCCN1CCCOc1ccc2c(n1)CCN(C1=CN(C)CC=C1)C2. The van der Waals surface area contributed by atoms with Crippen LogP contribution in [-0.4, -0.2) is 65.6 Å². The predicted octanol–water partition coefficient (Wildman–Crippen LogP) is 3.04. The van der Waals surface area contributed by atoms with Gasteiger partial charge in [-0.25, -0.2) is 4.98 Å². The number of likely N-dealkylation sites (N-methyl/N-ethyl adjacent to an activating group) is 1. The number of allylic oxidation sites excluding steroid dienone is 1. The fourth-order valence-corrected chi connectivity index (χ4v) is 4.31. The number of nitrogens with zero attached hydrogens (tertiary/aromatic N) is 4. The summed E-state index contributed by atoms with van der Waals surface area (Å²) in [6.45, 7) is 8.41. The standard InChI is InChI=1S/C22H32N4O/c1-18-6-3-12-25(18)13-5-15-27-22-9-8-19-16-26(14-10-21(19)23-22)20-7-4-11-24(2)17-20/h4,7-9,17-18H,3,5-6,10-16H2,1-2H3/t18-/m1/s1. The third kappa shape index (κ3) is 4.46. The Labute approximate surface area is 163 Å². The molecule has 1 aromatic heterocycles. The first-order valence-electron chi connectivity index (χ1n) is 10.4. The van der Waals surface area contributed by atoms with Crippen LogP contribution < -0.4 is 4.74 Å². The summed E-state index contributed by atoms with van der Waals surface area (Å²) < 4.78 is 5.94. The van der Waals surface area contributed by atoms with Crippen LogP contribution in [0, 0.1) is 0 Å². The van der Waals surface area contributed by atoms with Gasteiger partial charge in [0.15, 0.2) is 0 Å². The van der Waals surface area contributed by atoms with Gasteiger partial charge >= 0.3 is 0 Å². The quantitative estimate of drug-likeness (QED) is 0.721. The van der Waals surface area contributed by atoms with Crippen molar-refractivity contribution in [3.63, 3.8) is 0 Å². The van der Waals surface area contributed by atoms with E-state index in [9.17, 15) is 0 Å². The fraction of sp³-hybridized carbons (Fsp3) is 0.591. The lowest BCUT2D eigenvalue weighted by atomic mass is 10.0. The Morgan fingerprint density at radius 3 is 3.00 bits per heavy atom. The molecule has 5 nitrogen and oxygen atoms in total. The summed E-state index contributed by atoms with van der Waals surface area (Å²) in [6.07, 6.45) is 11.4. The van der Waals surface area contributed by atoms with Gasteiger partial charge in [0, 0.05) is 58.0 Å². The largest absolute Gasteiger partial charge is 0.478 e. The summed E-state index contributed by atoms with van der Waals surface area (Å²) in [4.78, 5) is 12.0. The second-order valence-corrected chi connectivity index (χ2v) is 8.05. The van der Waals surface area contributed by atoms with Crippen molar-refractivity contribution in [1.82, 2.24) is 19.7 Å². The minimum Gasteiger partial charge on any atom is -0.478 e. The van der Waals surface area contributed by atoms with Crippen molar-refractivity contribution in [3.8, 4) is 5.88 Å². The maximum atomic E-state index is 5.94. The molecule has 0 saturated carbocycles. The first kappa shape index (κ1) is 18.4. The molecule has 4 heterocycles. The maximum Gasteiger partial charge on any atom is 0.213 e. The number of pyridine rings is 1. The Morgan fingerprint density at radius 1 is 1.26 bits per heavy atom.